The SMILES string of the molecule is COC(=O)C(O)C(O)c1ccc2[nH]c3ccccc3c2c1. The van der Waals surface area contributed by atoms with Crippen LogP contribution in [-0.4, -0.2) is 34.4 Å². The van der Waals surface area contributed by atoms with Gasteiger partial charge in [0, 0.05) is 21.8 Å². The van der Waals surface area contributed by atoms with Crippen molar-refractivity contribution in [3.63, 3.8) is 0 Å². The van der Waals surface area contributed by atoms with Crippen LogP contribution in [0.2, 0.25) is 0 Å². The highest BCUT2D eigenvalue weighted by atomic mass is 16.5. The molecule has 0 saturated heterocycles. The minimum absolute atomic E-state index is 0.463. The Kier molecular flexibility index (Phi) is 3.37. The van der Waals surface area contributed by atoms with Gasteiger partial charge in [0.15, 0.2) is 6.10 Å². The molecular formula is C16H15NO4. The van der Waals surface area contributed by atoms with Crippen LogP contribution >= 0.6 is 0 Å². The van der Waals surface area contributed by atoms with Crippen LogP contribution in [0, 0.1) is 0 Å². The van der Waals surface area contributed by atoms with Crippen LogP contribution in [0.25, 0.3) is 21.8 Å². The number of ether oxygens (including phenoxy) is 1. The molecule has 108 valence electrons. The zero-order valence-electron chi connectivity index (χ0n) is 11.4. The third-order valence-corrected chi connectivity index (χ3v) is 3.61. The number of carbonyl (C=O) groups excluding carboxylic acids is 1. The largest absolute Gasteiger partial charge is 0.467 e. The van der Waals surface area contributed by atoms with Crippen LogP contribution in [0.1, 0.15) is 11.7 Å². The molecule has 21 heavy (non-hydrogen) atoms. The van der Waals surface area contributed by atoms with Crippen molar-refractivity contribution in [1.82, 2.24) is 4.98 Å². The fraction of sp³-hybridized carbons (Fsp3) is 0.188. The Hall–Kier alpha value is -2.37. The first-order valence-electron chi connectivity index (χ1n) is 6.56. The second-order valence-corrected chi connectivity index (χ2v) is 4.89. The Labute approximate surface area is 120 Å². The van der Waals surface area contributed by atoms with E-state index in [1.165, 1.54) is 7.11 Å². The molecule has 0 fully saturated rings. The van der Waals surface area contributed by atoms with Crippen molar-refractivity contribution in [1.29, 1.82) is 0 Å². The summed E-state index contributed by atoms with van der Waals surface area (Å²) in [6.07, 6.45) is -2.92. The summed E-state index contributed by atoms with van der Waals surface area (Å²) >= 11 is 0. The van der Waals surface area contributed by atoms with Crippen LogP contribution in [0.4, 0.5) is 0 Å². The number of hydrogen-bond acceptors (Lipinski definition) is 4. The van der Waals surface area contributed by atoms with E-state index < -0.39 is 18.2 Å². The summed E-state index contributed by atoms with van der Waals surface area (Å²) in [4.78, 5) is 14.6. The Morgan fingerprint density at radius 1 is 1.10 bits per heavy atom. The minimum atomic E-state index is -1.60. The molecule has 3 aromatic rings. The van der Waals surface area contributed by atoms with Crippen molar-refractivity contribution >= 4 is 27.8 Å². The molecule has 3 N–H and O–H groups in total. The number of nitrogens with one attached hydrogen (secondary N) is 1. The van der Waals surface area contributed by atoms with Gasteiger partial charge in [-0.15, -0.1) is 0 Å². The Balaban J connectivity index is 2.08. The average molecular weight is 285 g/mol. The summed E-state index contributed by atoms with van der Waals surface area (Å²) in [7, 11) is 1.17. The van der Waals surface area contributed by atoms with Crippen LogP contribution in [0.3, 0.4) is 0 Å². The van der Waals surface area contributed by atoms with E-state index >= 15 is 0 Å². The maximum Gasteiger partial charge on any atom is 0.337 e. The second kappa shape index (κ2) is 5.20. The predicted octanol–water partition coefficient (Wildman–Crippen LogP) is 1.89. The first-order chi connectivity index (χ1) is 10.1. The maximum atomic E-state index is 11.3. The number of rotatable bonds is 3. The van der Waals surface area contributed by atoms with E-state index in [0.29, 0.717) is 5.56 Å². The van der Waals surface area contributed by atoms with E-state index in [1.54, 1.807) is 12.1 Å². The number of hydrogen-bond donors (Lipinski definition) is 3. The average Bonchev–Trinajstić information content (AvgIpc) is 2.90. The summed E-state index contributed by atoms with van der Waals surface area (Å²) in [5.74, 6) is -0.860. The first-order valence-corrected chi connectivity index (χ1v) is 6.56. The van der Waals surface area contributed by atoms with Gasteiger partial charge in [-0.2, -0.15) is 0 Å². The summed E-state index contributed by atoms with van der Waals surface area (Å²) in [6.45, 7) is 0. The molecule has 0 spiro atoms. The van der Waals surface area contributed by atoms with Crippen LogP contribution in [0.5, 0.6) is 0 Å². The highest BCUT2D eigenvalue weighted by Gasteiger charge is 2.26. The zero-order valence-corrected chi connectivity index (χ0v) is 11.4. The molecule has 1 heterocycles. The predicted molar refractivity (Wildman–Crippen MR) is 78.8 cm³/mol. The number of benzene rings is 2. The number of aromatic nitrogens is 1. The van der Waals surface area contributed by atoms with Gasteiger partial charge in [-0.3, -0.25) is 0 Å². The van der Waals surface area contributed by atoms with Gasteiger partial charge in [0.05, 0.1) is 7.11 Å². The highest BCUT2D eigenvalue weighted by molar-refractivity contribution is 6.07. The van der Waals surface area contributed by atoms with E-state index in [9.17, 15) is 15.0 Å². The highest BCUT2D eigenvalue weighted by Crippen LogP contribution is 2.28. The van der Waals surface area contributed by atoms with Gasteiger partial charge < -0.3 is 19.9 Å². The van der Waals surface area contributed by atoms with Crippen molar-refractivity contribution in [2.45, 2.75) is 12.2 Å². The summed E-state index contributed by atoms with van der Waals surface area (Å²) < 4.78 is 4.44. The van der Waals surface area contributed by atoms with Gasteiger partial charge in [0.2, 0.25) is 0 Å². The van der Waals surface area contributed by atoms with Crippen molar-refractivity contribution in [3.05, 3.63) is 48.0 Å². The molecule has 0 bridgehead atoms. The lowest BCUT2D eigenvalue weighted by Crippen LogP contribution is -2.28. The number of fused-ring (bicyclic) bond motifs is 3. The molecule has 0 aliphatic carbocycles. The maximum absolute atomic E-state index is 11.3. The fourth-order valence-electron chi connectivity index (χ4n) is 2.48. The molecule has 3 rings (SSSR count). The molecule has 0 amide bonds. The lowest BCUT2D eigenvalue weighted by molar-refractivity contribution is -0.156. The fourth-order valence-corrected chi connectivity index (χ4v) is 2.48. The lowest BCUT2D eigenvalue weighted by atomic mass is 10.0. The van der Waals surface area contributed by atoms with E-state index in [0.717, 1.165) is 21.8 Å². The lowest BCUT2D eigenvalue weighted by Gasteiger charge is -2.16. The van der Waals surface area contributed by atoms with Crippen LogP contribution < -0.4 is 0 Å². The number of para-hydroxylation sites is 1. The number of methoxy groups -OCH3 is 1. The van der Waals surface area contributed by atoms with Crippen molar-refractivity contribution in [3.8, 4) is 0 Å². The molecule has 0 aliphatic rings. The molecule has 2 aromatic carbocycles. The molecule has 0 aliphatic heterocycles. The topological polar surface area (TPSA) is 82.6 Å². The molecule has 5 nitrogen and oxygen atoms in total. The molecule has 0 saturated carbocycles. The first kappa shape index (κ1) is 13.6. The second-order valence-electron chi connectivity index (χ2n) is 4.89. The Morgan fingerprint density at radius 3 is 2.57 bits per heavy atom. The van der Waals surface area contributed by atoms with E-state index in [2.05, 4.69) is 9.72 Å². The molecule has 0 radical (unpaired) electrons. The number of H-pyrrole nitrogens is 1. The van der Waals surface area contributed by atoms with Gasteiger partial charge in [0.25, 0.3) is 0 Å². The zero-order chi connectivity index (χ0) is 15.0. The number of esters is 1. The Bertz CT molecular complexity index is 808. The molecule has 1 aromatic heterocycles. The van der Waals surface area contributed by atoms with E-state index in [4.69, 9.17) is 0 Å². The van der Waals surface area contributed by atoms with E-state index in [1.807, 2.05) is 30.3 Å². The number of aliphatic hydroxyl groups is 2. The smallest absolute Gasteiger partial charge is 0.337 e. The Morgan fingerprint density at radius 2 is 1.81 bits per heavy atom. The van der Waals surface area contributed by atoms with Crippen molar-refractivity contribution < 1.29 is 19.7 Å². The minimum Gasteiger partial charge on any atom is -0.467 e. The molecule has 5 heteroatoms. The van der Waals surface area contributed by atoms with Crippen molar-refractivity contribution in [2.75, 3.05) is 7.11 Å². The standard InChI is InChI=1S/C16H15NO4/c1-21-16(20)15(19)14(18)9-6-7-13-11(8-9)10-4-2-3-5-12(10)17-13/h2-8,14-15,17-19H,1H3. The summed E-state index contributed by atoms with van der Waals surface area (Å²) in [5.41, 5.74) is 2.39. The normalized spacial score (nSPS) is 14.2. The monoisotopic (exact) mass is 285 g/mol. The number of aliphatic hydroxyl groups excluding tert-OH is 2. The van der Waals surface area contributed by atoms with Gasteiger partial charge >= 0.3 is 5.97 Å². The van der Waals surface area contributed by atoms with Gasteiger partial charge in [-0.1, -0.05) is 24.3 Å². The van der Waals surface area contributed by atoms with Crippen LogP contribution in [0.15, 0.2) is 42.5 Å². The summed E-state index contributed by atoms with van der Waals surface area (Å²) in [6, 6.07) is 13.1. The summed E-state index contributed by atoms with van der Waals surface area (Å²) in [5, 5.41) is 21.8. The van der Waals surface area contributed by atoms with Gasteiger partial charge in [0.1, 0.15) is 6.10 Å². The number of carbonyl (C=O) groups is 1. The molecule has 2 unspecified atom stereocenters. The molecule has 2 atom stereocenters. The van der Waals surface area contributed by atoms with Gasteiger partial charge in [-0.25, -0.2) is 4.79 Å². The molecular weight excluding hydrogens is 270 g/mol. The van der Waals surface area contributed by atoms with Crippen molar-refractivity contribution in [2.24, 2.45) is 0 Å². The van der Waals surface area contributed by atoms with Crippen LogP contribution in [-0.2, 0) is 9.53 Å². The third kappa shape index (κ3) is 2.26. The number of aromatic amines is 1. The van der Waals surface area contributed by atoms with Gasteiger partial charge in [-0.05, 0) is 23.8 Å². The quantitative estimate of drug-likeness (QED) is 0.642. The van der Waals surface area contributed by atoms with E-state index in [-0.39, 0.29) is 0 Å². The third-order valence-electron chi connectivity index (χ3n) is 3.61.